The lowest BCUT2D eigenvalue weighted by atomic mass is 10.2. The monoisotopic (exact) mass is 381 g/mol. The predicted molar refractivity (Wildman–Crippen MR) is 105 cm³/mol. The summed E-state index contributed by atoms with van der Waals surface area (Å²) < 4.78 is 6.74. The van der Waals surface area contributed by atoms with Crippen LogP contribution in [-0.2, 0) is 16.0 Å². The summed E-state index contributed by atoms with van der Waals surface area (Å²) >= 11 is 1.63. The van der Waals surface area contributed by atoms with E-state index in [0.717, 1.165) is 15.2 Å². The van der Waals surface area contributed by atoms with Crippen molar-refractivity contribution in [1.82, 2.24) is 10.3 Å². The van der Waals surface area contributed by atoms with Gasteiger partial charge in [0.2, 0.25) is 5.91 Å². The number of hydrogen-bond donors (Lipinski definition) is 1. The standard InChI is InChI=1S/C20H19N3O3S/c1-13-20(25)23(15-7-3-4-8-16(15)26-13)12-18(24)21-11-10-19-22-14-6-2-5-9-17(14)27-19/h2-9,13H,10-12H2,1H3,(H,21,24). The fraction of sp³-hybridized carbons (Fsp3) is 0.250. The Labute approximate surface area is 160 Å². The summed E-state index contributed by atoms with van der Waals surface area (Å²) in [6.07, 6.45) is 0.0604. The highest BCUT2D eigenvalue weighted by atomic mass is 32.1. The topological polar surface area (TPSA) is 71.5 Å². The van der Waals surface area contributed by atoms with Crippen molar-refractivity contribution in [2.75, 3.05) is 18.0 Å². The highest BCUT2D eigenvalue weighted by Crippen LogP contribution is 2.33. The maximum absolute atomic E-state index is 12.4. The van der Waals surface area contributed by atoms with E-state index in [1.54, 1.807) is 30.4 Å². The van der Waals surface area contributed by atoms with Gasteiger partial charge in [0.15, 0.2) is 6.10 Å². The minimum absolute atomic E-state index is 0.0244. The lowest BCUT2D eigenvalue weighted by Crippen LogP contribution is -2.49. The minimum Gasteiger partial charge on any atom is -0.479 e. The minimum atomic E-state index is -0.601. The maximum atomic E-state index is 12.4. The number of para-hydroxylation sites is 3. The number of amides is 2. The highest BCUT2D eigenvalue weighted by Gasteiger charge is 2.32. The van der Waals surface area contributed by atoms with E-state index in [0.29, 0.717) is 24.4 Å². The number of carbonyl (C=O) groups excluding carboxylic acids is 2. The smallest absolute Gasteiger partial charge is 0.268 e. The van der Waals surface area contributed by atoms with Gasteiger partial charge in [-0.1, -0.05) is 24.3 Å². The summed E-state index contributed by atoms with van der Waals surface area (Å²) in [7, 11) is 0. The van der Waals surface area contributed by atoms with Crippen molar-refractivity contribution in [2.45, 2.75) is 19.4 Å². The summed E-state index contributed by atoms with van der Waals surface area (Å²) in [6.45, 7) is 2.15. The number of thiazole rings is 1. The number of nitrogens with zero attached hydrogens (tertiary/aromatic N) is 2. The summed E-state index contributed by atoms with van der Waals surface area (Å²) in [5.41, 5.74) is 1.61. The molecule has 0 saturated heterocycles. The number of nitrogens with one attached hydrogen (secondary N) is 1. The van der Waals surface area contributed by atoms with Gasteiger partial charge in [0.1, 0.15) is 12.3 Å². The molecule has 2 heterocycles. The molecule has 0 bridgehead atoms. The van der Waals surface area contributed by atoms with Crippen LogP contribution in [0.2, 0.25) is 0 Å². The number of fused-ring (bicyclic) bond motifs is 2. The van der Waals surface area contributed by atoms with Crippen molar-refractivity contribution in [2.24, 2.45) is 0 Å². The van der Waals surface area contributed by atoms with Crippen molar-refractivity contribution in [3.8, 4) is 5.75 Å². The van der Waals surface area contributed by atoms with Gasteiger partial charge in [0, 0.05) is 13.0 Å². The second-order valence-corrected chi connectivity index (χ2v) is 7.44. The van der Waals surface area contributed by atoms with Crippen LogP contribution in [-0.4, -0.2) is 36.0 Å². The van der Waals surface area contributed by atoms with Crippen LogP contribution in [0.3, 0.4) is 0 Å². The van der Waals surface area contributed by atoms with Crippen molar-refractivity contribution in [3.63, 3.8) is 0 Å². The second kappa shape index (κ2) is 7.36. The Kier molecular flexibility index (Phi) is 4.77. The van der Waals surface area contributed by atoms with E-state index in [1.807, 2.05) is 36.4 Å². The van der Waals surface area contributed by atoms with E-state index in [-0.39, 0.29) is 18.4 Å². The molecule has 0 fully saturated rings. The predicted octanol–water partition coefficient (Wildman–Crippen LogP) is 2.77. The summed E-state index contributed by atoms with van der Waals surface area (Å²) in [5, 5.41) is 3.87. The Balaban J connectivity index is 1.37. The van der Waals surface area contributed by atoms with E-state index in [4.69, 9.17) is 4.74 Å². The maximum Gasteiger partial charge on any atom is 0.268 e. The first kappa shape index (κ1) is 17.5. The zero-order valence-corrected chi connectivity index (χ0v) is 15.7. The number of rotatable bonds is 5. The number of ether oxygens (including phenoxy) is 1. The molecule has 0 aliphatic carbocycles. The van der Waals surface area contributed by atoms with Gasteiger partial charge in [-0.3, -0.25) is 14.5 Å². The molecule has 0 radical (unpaired) electrons. The van der Waals surface area contributed by atoms with Crippen LogP contribution >= 0.6 is 11.3 Å². The van der Waals surface area contributed by atoms with Gasteiger partial charge in [0.25, 0.3) is 5.91 Å². The van der Waals surface area contributed by atoms with Gasteiger partial charge in [0.05, 0.1) is 20.9 Å². The summed E-state index contributed by atoms with van der Waals surface area (Å²) in [5.74, 6) is 0.204. The lowest BCUT2D eigenvalue weighted by molar-refractivity contribution is -0.128. The number of benzene rings is 2. The molecule has 6 nitrogen and oxygen atoms in total. The molecule has 1 unspecified atom stereocenters. The molecule has 1 aromatic heterocycles. The van der Waals surface area contributed by atoms with Gasteiger partial charge in [-0.25, -0.2) is 4.98 Å². The quantitative estimate of drug-likeness (QED) is 0.738. The van der Waals surface area contributed by atoms with Crippen LogP contribution in [0.15, 0.2) is 48.5 Å². The zero-order chi connectivity index (χ0) is 18.8. The van der Waals surface area contributed by atoms with Crippen LogP contribution in [0.1, 0.15) is 11.9 Å². The van der Waals surface area contributed by atoms with Gasteiger partial charge >= 0.3 is 0 Å². The van der Waals surface area contributed by atoms with Crippen LogP contribution in [0.4, 0.5) is 5.69 Å². The van der Waals surface area contributed by atoms with E-state index in [1.165, 1.54) is 4.90 Å². The van der Waals surface area contributed by atoms with Crippen molar-refractivity contribution in [1.29, 1.82) is 0 Å². The van der Waals surface area contributed by atoms with E-state index in [2.05, 4.69) is 10.3 Å². The molecule has 1 N–H and O–H groups in total. The number of anilines is 1. The van der Waals surface area contributed by atoms with Crippen molar-refractivity contribution >= 4 is 39.1 Å². The van der Waals surface area contributed by atoms with E-state index >= 15 is 0 Å². The molecule has 0 spiro atoms. The average Bonchev–Trinajstić information content (AvgIpc) is 3.08. The zero-order valence-electron chi connectivity index (χ0n) is 14.8. The fourth-order valence-electron chi connectivity index (χ4n) is 3.06. The lowest BCUT2D eigenvalue weighted by Gasteiger charge is -2.32. The molecule has 4 rings (SSSR count). The van der Waals surface area contributed by atoms with Gasteiger partial charge in [-0.15, -0.1) is 11.3 Å². The van der Waals surface area contributed by atoms with E-state index in [9.17, 15) is 9.59 Å². The fourth-order valence-corrected chi connectivity index (χ4v) is 4.02. The molecule has 27 heavy (non-hydrogen) atoms. The van der Waals surface area contributed by atoms with Crippen molar-refractivity contribution < 1.29 is 14.3 Å². The molecule has 7 heteroatoms. The Morgan fingerprint density at radius 2 is 2.00 bits per heavy atom. The molecule has 2 amide bonds. The van der Waals surface area contributed by atoms with E-state index < -0.39 is 6.10 Å². The molecule has 1 aliphatic rings. The Hall–Kier alpha value is -2.93. The van der Waals surface area contributed by atoms with Crippen LogP contribution in [0.5, 0.6) is 5.75 Å². The highest BCUT2D eigenvalue weighted by molar-refractivity contribution is 7.18. The Morgan fingerprint density at radius 3 is 2.85 bits per heavy atom. The molecule has 3 aromatic rings. The molecule has 138 valence electrons. The van der Waals surface area contributed by atoms with Gasteiger partial charge in [-0.2, -0.15) is 0 Å². The number of hydrogen-bond acceptors (Lipinski definition) is 5. The Morgan fingerprint density at radius 1 is 1.22 bits per heavy atom. The average molecular weight is 381 g/mol. The molecule has 0 saturated carbocycles. The summed E-state index contributed by atoms with van der Waals surface area (Å²) in [4.78, 5) is 30.8. The SMILES string of the molecule is CC1Oc2ccccc2N(CC(=O)NCCc2nc3ccccc3s2)C1=O. The first-order chi connectivity index (χ1) is 13.1. The van der Waals surface area contributed by atoms with Crippen LogP contribution in [0, 0.1) is 0 Å². The molecule has 1 atom stereocenters. The van der Waals surface area contributed by atoms with Gasteiger partial charge < -0.3 is 10.1 Å². The normalized spacial score (nSPS) is 16.1. The molecule has 1 aliphatic heterocycles. The number of carbonyl (C=O) groups is 2. The first-order valence-electron chi connectivity index (χ1n) is 8.80. The third-order valence-electron chi connectivity index (χ3n) is 4.37. The molecular formula is C20H19N3O3S. The largest absolute Gasteiger partial charge is 0.479 e. The summed E-state index contributed by atoms with van der Waals surface area (Å²) in [6, 6.07) is 15.2. The second-order valence-electron chi connectivity index (χ2n) is 6.33. The third kappa shape index (κ3) is 3.64. The van der Waals surface area contributed by atoms with Crippen LogP contribution < -0.4 is 15.0 Å². The van der Waals surface area contributed by atoms with Crippen molar-refractivity contribution in [3.05, 3.63) is 53.5 Å². The Bertz CT molecular complexity index is 968. The first-order valence-corrected chi connectivity index (χ1v) is 9.61. The number of aromatic nitrogens is 1. The third-order valence-corrected chi connectivity index (χ3v) is 5.47. The van der Waals surface area contributed by atoms with Gasteiger partial charge in [-0.05, 0) is 31.2 Å². The molecule has 2 aromatic carbocycles. The van der Waals surface area contributed by atoms with Crippen LogP contribution in [0.25, 0.3) is 10.2 Å². The molecular weight excluding hydrogens is 362 g/mol.